The first-order valence-corrected chi connectivity index (χ1v) is 12.1. The number of esters is 1. The minimum absolute atomic E-state index is 0.0777. The summed E-state index contributed by atoms with van der Waals surface area (Å²) in [6, 6.07) is 14.2. The van der Waals surface area contributed by atoms with Gasteiger partial charge >= 0.3 is 18.0 Å². The van der Waals surface area contributed by atoms with Crippen molar-refractivity contribution in [2.24, 2.45) is 10.9 Å². The number of nitrogens with zero attached hydrogens (tertiary/aromatic N) is 5. The number of aryl methyl sites for hydroxylation is 2. The van der Waals surface area contributed by atoms with Crippen molar-refractivity contribution < 1.29 is 23.7 Å². The Kier molecular flexibility index (Phi) is 6.07. The largest absolute Gasteiger partial charge is 0.459 e. The summed E-state index contributed by atoms with van der Waals surface area (Å²) in [5, 5.41) is 0. The van der Waals surface area contributed by atoms with Crippen molar-refractivity contribution in [2.75, 3.05) is 31.6 Å². The lowest BCUT2D eigenvalue weighted by atomic mass is 10.0. The zero-order valence-electron chi connectivity index (χ0n) is 21.0. The molecule has 2 atom stereocenters. The van der Waals surface area contributed by atoms with Gasteiger partial charge in [0.1, 0.15) is 18.8 Å². The zero-order valence-corrected chi connectivity index (χ0v) is 21.0. The summed E-state index contributed by atoms with van der Waals surface area (Å²) in [6.45, 7) is 7.27. The molecule has 1 fully saturated rings. The van der Waals surface area contributed by atoms with E-state index in [0.29, 0.717) is 18.3 Å². The second-order valence-corrected chi connectivity index (χ2v) is 9.72. The lowest BCUT2D eigenvalue weighted by molar-refractivity contribution is -0.545. The van der Waals surface area contributed by atoms with Gasteiger partial charge in [0.25, 0.3) is 5.91 Å². The number of hydrogen-bond acceptors (Lipinski definition) is 6. The van der Waals surface area contributed by atoms with Gasteiger partial charge in [0.05, 0.1) is 13.1 Å². The predicted molar refractivity (Wildman–Crippen MR) is 135 cm³/mol. The Hall–Kier alpha value is -4.01. The standard InChI is InChI=1S/C27H30N5O4/c1-17-13-30(21-11-10-18(2)19(3)12-21)26-28-24-23(31(26)14-17)25(34)32(27(35)29(24)4)15-22(33)36-16-20-8-6-5-7-9-20/h5-12,17,23H,13-16H2,1-4H3/q+1. The van der Waals surface area contributed by atoms with Crippen LogP contribution in [-0.4, -0.2) is 76.8 Å². The first kappa shape index (κ1) is 23.7. The van der Waals surface area contributed by atoms with Gasteiger partial charge in [0.15, 0.2) is 0 Å². The molecule has 186 valence electrons. The highest BCUT2D eigenvalue weighted by Gasteiger charge is 2.55. The number of urea groups is 1. The van der Waals surface area contributed by atoms with Gasteiger partial charge in [-0.25, -0.2) is 19.2 Å². The normalized spacial score (nSPS) is 21.4. The van der Waals surface area contributed by atoms with Crippen LogP contribution in [0.4, 0.5) is 10.5 Å². The molecular weight excluding hydrogens is 458 g/mol. The summed E-state index contributed by atoms with van der Waals surface area (Å²) in [5.41, 5.74) is 4.20. The van der Waals surface area contributed by atoms with Crippen LogP contribution in [0.2, 0.25) is 0 Å². The van der Waals surface area contributed by atoms with Crippen LogP contribution in [0.3, 0.4) is 0 Å². The maximum atomic E-state index is 13.6. The number of rotatable bonds is 5. The number of guanidine groups is 1. The van der Waals surface area contributed by atoms with Crippen molar-refractivity contribution in [1.29, 1.82) is 0 Å². The molecule has 3 aliphatic heterocycles. The molecule has 0 N–H and O–H groups in total. The van der Waals surface area contributed by atoms with Gasteiger partial charge in [-0.1, -0.05) is 48.3 Å². The molecule has 2 aromatic carbocycles. The number of aliphatic imine (C=N–C) groups is 1. The van der Waals surface area contributed by atoms with Gasteiger partial charge in [-0.3, -0.25) is 14.5 Å². The first-order chi connectivity index (χ1) is 17.2. The van der Waals surface area contributed by atoms with E-state index in [4.69, 9.17) is 9.73 Å². The van der Waals surface area contributed by atoms with E-state index in [1.165, 1.54) is 16.0 Å². The fourth-order valence-electron chi connectivity index (χ4n) is 4.87. The fraction of sp³-hybridized carbons (Fsp3) is 0.370. The Morgan fingerprint density at radius 1 is 1.11 bits per heavy atom. The number of carbonyl (C=O) groups excluding carboxylic acids is 3. The molecular formula is C27H30N5O4+. The first-order valence-electron chi connectivity index (χ1n) is 12.1. The number of amides is 3. The number of amidine groups is 1. The summed E-state index contributed by atoms with van der Waals surface area (Å²) < 4.78 is 7.28. The van der Waals surface area contributed by atoms with Crippen LogP contribution in [0.5, 0.6) is 0 Å². The van der Waals surface area contributed by atoms with Gasteiger partial charge < -0.3 is 4.74 Å². The second-order valence-electron chi connectivity index (χ2n) is 9.72. The van der Waals surface area contributed by atoms with Crippen LogP contribution in [0.15, 0.2) is 53.5 Å². The maximum Gasteiger partial charge on any atom is 0.397 e. The molecule has 3 heterocycles. The van der Waals surface area contributed by atoms with Crippen LogP contribution in [0.25, 0.3) is 0 Å². The Labute approximate surface area is 210 Å². The molecule has 1 saturated heterocycles. The second kappa shape index (κ2) is 9.22. The highest BCUT2D eigenvalue weighted by atomic mass is 16.5. The third kappa shape index (κ3) is 4.14. The molecule has 36 heavy (non-hydrogen) atoms. The molecule has 0 aliphatic carbocycles. The molecule has 0 spiro atoms. The van der Waals surface area contributed by atoms with Gasteiger partial charge in [0.2, 0.25) is 11.9 Å². The molecule has 0 aromatic heterocycles. The molecule has 0 saturated carbocycles. The van der Waals surface area contributed by atoms with E-state index in [-0.39, 0.29) is 12.5 Å². The van der Waals surface area contributed by atoms with Crippen LogP contribution < -0.4 is 4.90 Å². The number of anilines is 1. The Morgan fingerprint density at radius 3 is 2.58 bits per heavy atom. The number of imide groups is 1. The molecule has 2 unspecified atom stereocenters. The lowest BCUT2D eigenvalue weighted by Crippen LogP contribution is -2.64. The van der Waals surface area contributed by atoms with E-state index in [0.717, 1.165) is 22.7 Å². The smallest absolute Gasteiger partial charge is 0.397 e. The van der Waals surface area contributed by atoms with E-state index >= 15 is 0 Å². The Bertz CT molecular complexity index is 1300. The molecule has 0 radical (unpaired) electrons. The van der Waals surface area contributed by atoms with Crippen LogP contribution in [0.1, 0.15) is 23.6 Å². The van der Waals surface area contributed by atoms with Crippen LogP contribution in [0, 0.1) is 19.8 Å². The molecule has 0 bridgehead atoms. The highest BCUT2D eigenvalue weighted by Crippen LogP contribution is 2.29. The summed E-state index contributed by atoms with van der Waals surface area (Å²) in [6.07, 6.45) is 0. The molecule has 9 heteroatoms. The fourth-order valence-corrected chi connectivity index (χ4v) is 4.87. The summed E-state index contributed by atoms with van der Waals surface area (Å²) in [5.74, 6) is 0.192. The minimum atomic E-state index is -0.763. The third-order valence-electron chi connectivity index (χ3n) is 6.97. The monoisotopic (exact) mass is 488 g/mol. The van der Waals surface area contributed by atoms with Crippen molar-refractivity contribution in [1.82, 2.24) is 9.80 Å². The summed E-state index contributed by atoms with van der Waals surface area (Å²) >= 11 is 0. The number of carbonyl (C=O) groups is 3. The van der Waals surface area contributed by atoms with Crippen molar-refractivity contribution in [3.8, 4) is 0 Å². The van der Waals surface area contributed by atoms with E-state index in [9.17, 15) is 14.4 Å². The van der Waals surface area contributed by atoms with E-state index < -0.39 is 30.5 Å². The quantitative estimate of drug-likeness (QED) is 0.477. The molecule has 2 aromatic rings. The minimum Gasteiger partial charge on any atom is -0.459 e. The number of likely N-dealkylation sites (N-methyl/N-ethyl adjacent to an activating group) is 1. The van der Waals surface area contributed by atoms with Crippen LogP contribution >= 0.6 is 0 Å². The van der Waals surface area contributed by atoms with E-state index in [1.807, 2.05) is 34.9 Å². The van der Waals surface area contributed by atoms with Crippen molar-refractivity contribution in [3.05, 3.63) is 65.2 Å². The molecule has 9 nitrogen and oxygen atoms in total. The SMILES string of the molecule is Cc1ccc(N2CC(C)C[N+]3=C2N=C2C3C(=O)N(CC(=O)OCc3ccccc3)C(=O)N2C)cc1C. The summed E-state index contributed by atoms with van der Waals surface area (Å²) in [7, 11) is 1.59. The topological polar surface area (TPSA) is 85.5 Å². The number of fused-ring (bicyclic) bond motifs is 2. The van der Waals surface area contributed by atoms with Gasteiger partial charge in [-0.15, -0.1) is 0 Å². The number of ether oxygens (including phenoxy) is 1. The number of hydrogen-bond donors (Lipinski definition) is 0. The molecule has 3 aliphatic rings. The molecule has 5 rings (SSSR count). The third-order valence-corrected chi connectivity index (χ3v) is 6.97. The van der Waals surface area contributed by atoms with Crippen LogP contribution in [-0.2, 0) is 20.9 Å². The maximum absolute atomic E-state index is 13.6. The molecule has 3 amide bonds. The van der Waals surface area contributed by atoms with Crippen molar-refractivity contribution >= 4 is 35.4 Å². The highest BCUT2D eigenvalue weighted by molar-refractivity contribution is 6.24. The average Bonchev–Trinajstić information content (AvgIpc) is 3.25. The van der Waals surface area contributed by atoms with E-state index in [1.54, 1.807) is 7.05 Å². The van der Waals surface area contributed by atoms with E-state index in [2.05, 4.69) is 43.9 Å². The Morgan fingerprint density at radius 2 is 1.86 bits per heavy atom. The predicted octanol–water partition coefficient (Wildman–Crippen LogP) is 2.55. The summed E-state index contributed by atoms with van der Waals surface area (Å²) in [4.78, 5) is 48.5. The van der Waals surface area contributed by atoms with Gasteiger partial charge in [0, 0.05) is 13.0 Å². The average molecular weight is 489 g/mol. The van der Waals surface area contributed by atoms with Gasteiger partial charge in [-0.2, -0.15) is 0 Å². The van der Waals surface area contributed by atoms with Crippen molar-refractivity contribution in [3.63, 3.8) is 0 Å². The Balaban J connectivity index is 1.40. The lowest BCUT2D eigenvalue weighted by Gasteiger charge is -2.35. The number of benzene rings is 2. The zero-order chi connectivity index (χ0) is 25.6. The van der Waals surface area contributed by atoms with Crippen molar-refractivity contribution in [2.45, 2.75) is 33.4 Å². The van der Waals surface area contributed by atoms with Gasteiger partial charge in [-0.05, 0) is 42.7 Å².